The third-order valence-electron chi connectivity index (χ3n) is 2.71. The van der Waals surface area contributed by atoms with Crippen molar-refractivity contribution in [3.8, 4) is 0 Å². The van der Waals surface area contributed by atoms with Crippen molar-refractivity contribution in [2.45, 2.75) is 6.42 Å². The summed E-state index contributed by atoms with van der Waals surface area (Å²) in [4.78, 5) is 23.0. The number of benzene rings is 2. The van der Waals surface area contributed by atoms with E-state index in [0.29, 0.717) is 11.3 Å². The maximum absolute atomic E-state index is 11.9. The van der Waals surface area contributed by atoms with Crippen molar-refractivity contribution in [2.75, 3.05) is 5.32 Å². The van der Waals surface area contributed by atoms with Gasteiger partial charge in [0, 0.05) is 10.2 Å². The largest absolute Gasteiger partial charge is 0.478 e. The highest BCUT2D eigenvalue weighted by atomic mass is 79.9. The molecular formula is C15H12BrNO3. The Kier molecular flexibility index (Phi) is 4.53. The summed E-state index contributed by atoms with van der Waals surface area (Å²) in [6, 6.07) is 13.7. The van der Waals surface area contributed by atoms with Gasteiger partial charge in [-0.2, -0.15) is 0 Å². The SMILES string of the molecule is O=C(Cc1ccccc1C(=O)O)Nc1cccc(Br)c1. The van der Waals surface area contributed by atoms with Gasteiger partial charge in [0.25, 0.3) is 0 Å². The second-order valence-electron chi connectivity index (χ2n) is 4.20. The minimum absolute atomic E-state index is 0.0228. The van der Waals surface area contributed by atoms with Gasteiger partial charge in [-0.3, -0.25) is 4.79 Å². The van der Waals surface area contributed by atoms with E-state index in [1.165, 1.54) is 6.07 Å². The second kappa shape index (κ2) is 6.34. The van der Waals surface area contributed by atoms with Crippen molar-refractivity contribution < 1.29 is 14.7 Å². The number of anilines is 1. The van der Waals surface area contributed by atoms with E-state index < -0.39 is 5.97 Å². The molecule has 0 aliphatic heterocycles. The molecule has 2 rings (SSSR count). The molecule has 2 aromatic rings. The Morgan fingerprint density at radius 3 is 2.55 bits per heavy atom. The van der Waals surface area contributed by atoms with Crippen LogP contribution < -0.4 is 5.32 Å². The topological polar surface area (TPSA) is 66.4 Å². The lowest BCUT2D eigenvalue weighted by molar-refractivity contribution is -0.115. The van der Waals surface area contributed by atoms with Crippen LogP contribution in [0.15, 0.2) is 53.0 Å². The summed E-state index contributed by atoms with van der Waals surface area (Å²) in [6.45, 7) is 0. The summed E-state index contributed by atoms with van der Waals surface area (Å²) < 4.78 is 0.862. The first-order valence-electron chi connectivity index (χ1n) is 5.93. The highest BCUT2D eigenvalue weighted by Crippen LogP contribution is 2.16. The molecule has 0 aromatic heterocycles. The zero-order chi connectivity index (χ0) is 14.5. The van der Waals surface area contributed by atoms with Gasteiger partial charge in [-0.1, -0.05) is 40.2 Å². The molecule has 1 amide bonds. The monoisotopic (exact) mass is 333 g/mol. The van der Waals surface area contributed by atoms with Gasteiger partial charge in [-0.25, -0.2) is 4.79 Å². The number of nitrogens with one attached hydrogen (secondary N) is 1. The van der Waals surface area contributed by atoms with Crippen LogP contribution in [-0.2, 0) is 11.2 Å². The number of amides is 1. The van der Waals surface area contributed by atoms with E-state index in [4.69, 9.17) is 5.11 Å². The molecule has 2 aromatic carbocycles. The zero-order valence-corrected chi connectivity index (χ0v) is 12.1. The molecule has 0 aliphatic carbocycles. The fourth-order valence-electron chi connectivity index (χ4n) is 1.83. The second-order valence-corrected chi connectivity index (χ2v) is 5.11. The van der Waals surface area contributed by atoms with E-state index in [2.05, 4.69) is 21.2 Å². The predicted octanol–water partition coefficient (Wildman–Crippen LogP) is 3.33. The smallest absolute Gasteiger partial charge is 0.335 e. The third kappa shape index (κ3) is 3.68. The van der Waals surface area contributed by atoms with E-state index in [0.717, 1.165) is 4.47 Å². The Morgan fingerprint density at radius 2 is 1.85 bits per heavy atom. The van der Waals surface area contributed by atoms with Crippen molar-refractivity contribution in [3.05, 3.63) is 64.1 Å². The van der Waals surface area contributed by atoms with Gasteiger partial charge in [0.15, 0.2) is 0 Å². The number of carboxylic acid groups (broad SMARTS) is 1. The number of aromatic carboxylic acids is 1. The predicted molar refractivity (Wildman–Crippen MR) is 79.9 cm³/mol. The number of carboxylic acids is 1. The van der Waals surface area contributed by atoms with Gasteiger partial charge in [0.05, 0.1) is 12.0 Å². The quantitative estimate of drug-likeness (QED) is 0.901. The number of carbonyl (C=O) groups is 2. The van der Waals surface area contributed by atoms with Gasteiger partial charge in [0.1, 0.15) is 0 Å². The number of hydrogen-bond acceptors (Lipinski definition) is 2. The molecule has 20 heavy (non-hydrogen) atoms. The molecular weight excluding hydrogens is 322 g/mol. The lowest BCUT2D eigenvalue weighted by Gasteiger charge is -2.07. The molecule has 0 atom stereocenters. The van der Waals surface area contributed by atoms with Gasteiger partial charge in [-0.15, -0.1) is 0 Å². The summed E-state index contributed by atoms with van der Waals surface area (Å²) in [5, 5.41) is 11.8. The third-order valence-corrected chi connectivity index (χ3v) is 3.20. The van der Waals surface area contributed by atoms with Crippen LogP contribution in [0.3, 0.4) is 0 Å². The van der Waals surface area contributed by atoms with Crippen LogP contribution in [0, 0.1) is 0 Å². The van der Waals surface area contributed by atoms with Crippen molar-refractivity contribution in [2.24, 2.45) is 0 Å². The van der Waals surface area contributed by atoms with Crippen LogP contribution in [-0.4, -0.2) is 17.0 Å². The van der Waals surface area contributed by atoms with Crippen molar-refractivity contribution >= 4 is 33.5 Å². The molecule has 102 valence electrons. The molecule has 0 bridgehead atoms. The molecule has 4 nitrogen and oxygen atoms in total. The van der Waals surface area contributed by atoms with Gasteiger partial charge >= 0.3 is 5.97 Å². The molecule has 0 spiro atoms. The fraction of sp³-hybridized carbons (Fsp3) is 0.0667. The van der Waals surface area contributed by atoms with E-state index >= 15 is 0 Å². The number of halogens is 1. The Bertz CT molecular complexity index is 655. The van der Waals surface area contributed by atoms with Crippen LogP contribution >= 0.6 is 15.9 Å². The summed E-state index contributed by atoms with van der Waals surface area (Å²) in [6.07, 6.45) is 0.0228. The number of hydrogen-bond donors (Lipinski definition) is 2. The summed E-state index contributed by atoms with van der Waals surface area (Å²) >= 11 is 3.32. The molecule has 0 saturated heterocycles. The van der Waals surface area contributed by atoms with Gasteiger partial charge < -0.3 is 10.4 Å². The molecule has 0 saturated carbocycles. The summed E-state index contributed by atoms with van der Waals surface area (Å²) in [5.74, 6) is -1.28. The van der Waals surface area contributed by atoms with E-state index in [-0.39, 0.29) is 17.9 Å². The lowest BCUT2D eigenvalue weighted by atomic mass is 10.0. The maximum Gasteiger partial charge on any atom is 0.335 e. The van der Waals surface area contributed by atoms with Crippen LogP contribution in [0.2, 0.25) is 0 Å². The van der Waals surface area contributed by atoms with Crippen LogP contribution in [0.4, 0.5) is 5.69 Å². The van der Waals surface area contributed by atoms with E-state index in [1.807, 2.05) is 12.1 Å². The van der Waals surface area contributed by atoms with Crippen LogP contribution in [0.25, 0.3) is 0 Å². The first-order chi connectivity index (χ1) is 9.56. The molecule has 0 fully saturated rings. The van der Waals surface area contributed by atoms with E-state index in [1.54, 1.807) is 30.3 Å². The molecule has 2 N–H and O–H groups in total. The molecule has 0 radical (unpaired) electrons. The van der Waals surface area contributed by atoms with Gasteiger partial charge in [-0.05, 0) is 29.8 Å². The molecule has 5 heteroatoms. The molecule has 0 aliphatic rings. The normalized spacial score (nSPS) is 10.1. The van der Waals surface area contributed by atoms with Crippen molar-refractivity contribution in [1.82, 2.24) is 0 Å². The summed E-state index contributed by atoms with van der Waals surface area (Å²) in [7, 11) is 0. The Morgan fingerprint density at radius 1 is 1.10 bits per heavy atom. The van der Waals surface area contributed by atoms with Crippen LogP contribution in [0.5, 0.6) is 0 Å². The molecule has 0 heterocycles. The van der Waals surface area contributed by atoms with Crippen molar-refractivity contribution in [3.63, 3.8) is 0 Å². The first kappa shape index (κ1) is 14.3. The average molecular weight is 334 g/mol. The number of rotatable bonds is 4. The zero-order valence-electron chi connectivity index (χ0n) is 10.5. The summed E-state index contributed by atoms with van der Waals surface area (Å²) in [5.41, 5.74) is 1.31. The van der Waals surface area contributed by atoms with Crippen molar-refractivity contribution in [1.29, 1.82) is 0 Å². The fourth-order valence-corrected chi connectivity index (χ4v) is 2.23. The first-order valence-corrected chi connectivity index (χ1v) is 6.72. The minimum Gasteiger partial charge on any atom is -0.478 e. The Hall–Kier alpha value is -2.14. The minimum atomic E-state index is -1.03. The molecule has 0 unspecified atom stereocenters. The maximum atomic E-state index is 11.9. The van der Waals surface area contributed by atoms with Gasteiger partial charge in [0.2, 0.25) is 5.91 Å². The Balaban J connectivity index is 2.11. The van der Waals surface area contributed by atoms with E-state index in [9.17, 15) is 9.59 Å². The Labute approximate surface area is 124 Å². The highest BCUT2D eigenvalue weighted by Gasteiger charge is 2.12. The van der Waals surface area contributed by atoms with Crippen LogP contribution in [0.1, 0.15) is 15.9 Å². The highest BCUT2D eigenvalue weighted by molar-refractivity contribution is 9.10. The lowest BCUT2D eigenvalue weighted by Crippen LogP contribution is -2.16. The number of carbonyl (C=O) groups excluding carboxylic acids is 1. The average Bonchev–Trinajstić information content (AvgIpc) is 2.38. The standard InChI is InChI=1S/C15H12BrNO3/c16-11-5-3-6-12(9-11)17-14(18)8-10-4-1-2-7-13(10)15(19)20/h1-7,9H,8H2,(H,17,18)(H,19,20).